The van der Waals surface area contributed by atoms with E-state index in [0.717, 1.165) is 25.3 Å². The molecule has 0 aromatic heterocycles. The largest absolute Gasteiger partial charge is 0.497 e. The van der Waals surface area contributed by atoms with Gasteiger partial charge < -0.3 is 14.8 Å². The van der Waals surface area contributed by atoms with Crippen molar-refractivity contribution in [1.29, 1.82) is 0 Å². The van der Waals surface area contributed by atoms with Crippen molar-refractivity contribution in [1.82, 2.24) is 5.32 Å². The van der Waals surface area contributed by atoms with E-state index in [1.165, 1.54) is 5.56 Å². The van der Waals surface area contributed by atoms with E-state index in [1.807, 2.05) is 24.3 Å². The first kappa shape index (κ1) is 13.3. The topological polar surface area (TPSA) is 30.5 Å². The summed E-state index contributed by atoms with van der Waals surface area (Å²) >= 11 is 0. The molecule has 90 valence electrons. The van der Waals surface area contributed by atoms with E-state index in [9.17, 15) is 0 Å². The first-order chi connectivity index (χ1) is 7.38. The molecule has 1 N–H and O–H groups in total. The third-order valence-corrected chi connectivity index (χ3v) is 2.66. The monoisotopic (exact) mass is 243 g/mol. The Balaban J connectivity index is 0.00000128. The second-order valence-corrected chi connectivity index (χ2v) is 3.77. The van der Waals surface area contributed by atoms with E-state index in [-0.39, 0.29) is 12.4 Å². The number of methoxy groups -OCH3 is 1. The summed E-state index contributed by atoms with van der Waals surface area (Å²) in [5.41, 5.74) is 1.20. The molecule has 1 aliphatic heterocycles. The maximum absolute atomic E-state index is 5.76. The lowest BCUT2D eigenvalue weighted by atomic mass is 10.2. The zero-order valence-electron chi connectivity index (χ0n) is 9.44. The molecule has 0 spiro atoms. The average Bonchev–Trinajstić information content (AvgIpc) is 2.80. The molecule has 0 saturated carbocycles. The van der Waals surface area contributed by atoms with E-state index < -0.39 is 0 Å². The summed E-state index contributed by atoms with van der Waals surface area (Å²) in [4.78, 5) is 0. The van der Waals surface area contributed by atoms with Crippen molar-refractivity contribution in [2.45, 2.75) is 19.1 Å². The average molecular weight is 244 g/mol. The van der Waals surface area contributed by atoms with Gasteiger partial charge in [-0.25, -0.2) is 0 Å². The summed E-state index contributed by atoms with van der Waals surface area (Å²) < 4.78 is 10.9. The van der Waals surface area contributed by atoms with E-state index in [2.05, 4.69) is 5.32 Å². The molecule has 1 saturated heterocycles. The Hall–Kier alpha value is -0.770. The highest BCUT2D eigenvalue weighted by Gasteiger charge is 2.14. The van der Waals surface area contributed by atoms with Crippen LogP contribution in [0.1, 0.15) is 12.0 Å². The number of hydrogen-bond acceptors (Lipinski definition) is 3. The molecule has 0 amide bonds. The molecule has 1 aromatic rings. The van der Waals surface area contributed by atoms with Crippen molar-refractivity contribution < 1.29 is 9.47 Å². The Morgan fingerprint density at radius 2 is 2.06 bits per heavy atom. The lowest BCUT2D eigenvalue weighted by Crippen LogP contribution is -2.16. The maximum atomic E-state index is 5.76. The summed E-state index contributed by atoms with van der Waals surface area (Å²) in [6, 6.07) is 8.01. The van der Waals surface area contributed by atoms with Gasteiger partial charge in [0.05, 0.1) is 19.8 Å². The van der Waals surface area contributed by atoms with E-state index in [4.69, 9.17) is 9.47 Å². The molecule has 0 bridgehead atoms. The highest BCUT2D eigenvalue weighted by Crippen LogP contribution is 2.13. The zero-order chi connectivity index (χ0) is 10.5. The molecule has 16 heavy (non-hydrogen) atoms. The molecule has 1 aliphatic rings. The minimum atomic E-state index is 0. The normalized spacial score (nSPS) is 19.2. The van der Waals surface area contributed by atoms with Gasteiger partial charge in [0.25, 0.3) is 0 Å². The second kappa shape index (κ2) is 6.74. The quantitative estimate of drug-likeness (QED) is 0.878. The summed E-state index contributed by atoms with van der Waals surface area (Å²) in [5.74, 6) is 0.890. The SMILES string of the molecule is COc1ccc(COC2CCNC2)cc1.Cl. The van der Waals surface area contributed by atoms with Crippen molar-refractivity contribution in [3.05, 3.63) is 29.8 Å². The molecule has 2 rings (SSSR count). The molecule has 3 nitrogen and oxygen atoms in total. The molecule has 4 heteroatoms. The van der Waals surface area contributed by atoms with Crippen LogP contribution in [-0.4, -0.2) is 26.3 Å². The van der Waals surface area contributed by atoms with Gasteiger partial charge in [-0.05, 0) is 30.7 Å². The van der Waals surface area contributed by atoms with Crippen LogP contribution in [0.5, 0.6) is 5.75 Å². The molecule has 0 aliphatic carbocycles. The van der Waals surface area contributed by atoms with Gasteiger partial charge in [0.1, 0.15) is 5.75 Å². The highest BCUT2D eigenvalue weighted by atomic mass is 35.5. The first-order valence-corrected chi connectivity index (χ1v) is 5.34. The number of ether oxygens (including phenoxy) is 2. The first-order valence-electron chi connectivity index (χ1n) is 5.34. The highest BCUT2D eigenvalue weighted by molar-refractivity contribution is 5.85. The molecule has 1 fully saturated rings. The number of benzene rings is 1. The van der Waals surface area contributed by atoms with Gasteiger partial charge >= 0.3 is 0 Å². The van der Waals surface area contributed by atoms with Gasteiger partial charge in [0.2, 0.25) is 0 Å². The lowest BCUT2D eigenvalue weighted by Gasteiger charge is -2.10. The van der Waals surface area contributed by atoms with Crippen molar-refractivity contribution in [2.24, 2.45) is 0 Å². The Labute approximate surface area is 103 Å². The minimum Gasteiger partial charge on any atom is -0.497 e. The standard InChI is InChI=1S/C12H17NO2.ClH/c1-14-11-4-2-10(3-5-11)9-15-12-6-7-13-8-12;/h2-5,12-13H,6-9H2,1H3;1H. The van der Waals surface area contributed by atoms with Crippen LogP contribution in [0.2, 0.25) is 0 Å². The predicted molar refractivity (Wildman–Crippen MR) is 66.3 cm³/mol. The van der Waals surface area contributed by atoms with Crippen molar-refractivity contribution in [3.63, 3.8) is 0 Å². The van der Waals surface area contributed by atoms with Gasteiger partial charge in [-0.3, -0.25) is 0 Å². The van der Waals surface area contributed by atoms with Gasteiger partial charge in [0.15, 0.2) is 0 Å². The van der Waals surface area contributed by atoms with Crippen LogP contribution < -0.4 is 10.1 Å². The fourth-order valence-electron chi connectivity index (χ4n) is 1.71. The second-order valence-electron chi connectivity index (χ2n) is 3.77. The van der Waals surface area contributed by atoms with Crippen LogP contribution in [0, 0.1) is 0 Å². The molecule has 0 radical (unpaired) electrons. The molecular formula is C12H18ClNO2. The number of hydrogen-bond donors (Lipinski definition) is 1. The number of nitrogens with one attached hydrogen (secondary N) is 1. The number of halogens is 1. The van der Waals surface area contributed by atoms with Crippen molar-refractivity contribution >= 4 is 12.4 Å². The number of rotatable bonds is 4. The Morgan fingerprint density at radius 3 is 2.62 bits per heavy atom. The van der Waals surface area contributed by atoms with Crippen LogP contribution in [0.3, 0.4) is 0 Å². The Bertz CT molecular complexity index is 296. The fraction of sp³-hybridized carbons (Fsp3) is 0.500. The predicted octanol–water partition coefficient (Wildman–Crippen LogP) is 2.00. The van der Waals surface area contributed by atoms with E-state index in [0.29, 0.717) is 12.7 Å². The zero-order valence-corrected chi connectivity index (χ0v) is 10.3. The van der Waals surface area contributed by atoms with Crippen LogP contribution in [0.25, 0.3) is 0 Å². The summed E-state index contributed by atoms with van der Waals surface area (Å²) in [7, 11) is 1.68. The lowest BCUT2D eigenvalue weighted by molar-refractivity contribution is 0.0542. The van der Waals surface area contributed by atoms with Crippen LogP contribution in [-0.2, 0) is 11.3 Å². The van der Waals surface area contributed by atoms with Crippen molar-refractivity contribution in [2.75, 3.05) is 20.2 Å². The van der Waals surface area contributed by atoms with Crippen LogP contribution in [0.4, 0.5) is 0 Å². The molecular weight excluding hydrogens is 226 g/mol. The molecule has 1 atom stereocenters. The fourth-order valence-corrected chi connectivity index (χ4v) is 1.71. The van der Waals surface area contributed by atoms with Crippen molar-refractivity contribution in [3.8, 4) is 5.75 Å². The third-order valence-electron chi connectivity index (χ3n) is 2.66. The third kappa shape index (κ3) is 3.67. The Kier molecular flexibility index (Phi) is 5.60. The van der Waals surface area contributed by atoms with E-state index >= 15 is 0 Å². The summed E-state index contributed by atoms with van der Waals surface area (Å²) in [6.07, 6.45) is 1.50. The summed E-state index contributed by atoms with van der Waals surface area (Å²) in [6.45, 7) is 2.75. The summed E-state index contributed by atoms with van der Waals surface area (Å²) in [5, 5.41) is 3.28. The smallest absolute Gasteiger partial charge is 0.118 e. The molecule has 1 unspecified atom stereocenters. The van der Waals surface area contributed by atoms with E-state index in [1.54, 1.807) is 7.11 Å². The van der Waals surface area contributed by atoms with Crippen LogP contribution >= 0.6 is 12.4 Å². The molecule has 1 aromatic carbocycles. The maximum Gasteiger partial charge on any atom is 0.118 e. The molecule has 1 heterocycles. The van der Waals surface area contributed by atoms with Crippen LogP contribution in [0.15, 0.2) is 24.3 Å². The van der Waals surface area contributed by atoms with Gasteiger partial charge in [-0.1, -0.05) is 12.1 Å². The van der Waals surface area contributed by atoms with Gasteiger partial charge in [0, 0.05) is 6.54 Å². The minimum absolute atomic E-state index is 0. The van der Waals surface area contributed by atoms with Gasteiger partial charge in [-0.2, -0.15) is 0 Å². The van der Waals surface area contributed by atoms with Gasteiger partial charge in [-0.15, -0.1) is 12.4 Å². The Morgan fingerprint density at radius 1 is 1.31 bits per heavy atom.